The fourth-order valence-electron chi connectivity index (χ4n) is 1.85. The normalized spacial score (nSPS) is 18.7. The third kappa shape index (κ3) is 4.27. The van der Waals surface area contributed by atoms with E-state index in [0.29, 0.717) is 13.1 Å². The lowest BCUT2D eigenvalue weighted by Gasteiger charge is -2.34. The first-order valence-electron chi connectivity index (χ1n) is 6.41. The van der Waals surface area contributed by atoms with Gasteiger partial charge in [0.15, 0.2) is 0 Å². The number of carbonyl (C=O) groups excluding carboxylic acids is 2. The first-order chi connectivity index (χ1) is 8.43. The molecular formula is C12H23N3O3. The Morgan fingerprint density at radius 2 is 1.78 bits per heavy atom. The first-order valence-corrected chi connectivity index (χ1v) is 6.41. The van der Waals surface area contributed by atoms with Crippen LogP contribution in [0.25, 0.3) is 0 Å². The van der Waals surface area contributed by atoms with Gasteiger partial charge < -0.3 is 20.2 Å². The van der Waals surface area contributed by atoms with Crippen LogP contribution in [0.4, 0.5) is 0 Å². The molecule has 1 heterocycles. The van der Waals surface area contributed by atoms with Crippen LogP contribution in [0.3, 0.4) is 0 Å². The van der Waals surface area contributed by atoms with Gasteiger partial charge in [-0.2, -0.15) is 0 Å². The minimum Gasteiger partial charge on any atom is -0.390 e. The van der Waals surface area contributed by atoms with E-state index < -0.39 is 6.10 Å². The van der Waals surface area contributed by atoms with Crippen molar-refractivity contribution in [2.45, 2.75) is 32.9 Å². The van der Waals surface area contributed by atoms with Gasteiger partial charge in [0.2, 0.25) is 11.8 Å². The fraction of sp³-hybridized carbons (Fsp3) is 0.833. The summed E-state index contributed by atoms with van der Waals surface area (Å²) in [4.78, 5) is 26.4. The standard InChI is InChI=1S/C12H23N3O3/c1-4-14-7-12(18)15(8-11(14)17)6-10(16)5-13-9(2)3/h9-10,13,16H,4-8H2,1-3H3. The number of rotatable bonds is 6. The van der Waals surface area contributed by atoms with Crippen molar-refractivity contribution in [1.82, 2.24) is 15.1 Å². The van der Waals surface area contributed by atoms with Crippen molar-refractivity contribution in [2.75, 3.05) is 32.7 Å². The van der Waals surface area contributed by atoms with E-state index >= 15 is 0 Å². The molecule has 0 spiro atoms. The van der Waals surface area contributed by atoms with Crippen molar-refractivity contribution >= 4 is 11.8 Å². The van der Waals surface area contributed by atoms with Crippen LogP contribution >= 0.6 is 0 Å². The molecule has 2 N–H and O–H groups in total. The van der Waals surface area contributed by atoms with Crippen LogP contribution in [0, 0.1) is 0 Å². The van der Waals surface area contributed by atoms with Gasteiger partial charge in [-0.3, -0.25) is 9.59 Å². The van der Waals surface area contributed by atoms with Crippen molar-refractivity contribution in [3.63, 3.8) is 0 Å². The molecule has 0 bridgehead atoms. The second kappa shape index (κ2) is 6.70. The smallest absolute Gasteiger partial charge is 0.242 e. The molecule has 18 heavy (non-hydrogen) atoms. The summed E-state index contributed by atoms with van der Waals surface area (Å²) < 4.78 is 0. The Hall–Kier alpha value is -1.14. The molecule has 0 saturated carbocycles. The Kier molecular flexibility index (Phi) is 5.55. The Balaban J connectivity index is 2.42. The molecule has 1 aliphatic heterocycles. The van der Waals surface area contributed by atoms with E-state index in [0.717, 1.165) is 0 Å². The highest BCUT2D eigenvalue weighted by molar-refractivity contribution is 5.92. The van der Waals surface area contributed by atoms with Crippen LogP contribution in [0.5, 0.6) is 0 Å². The number of β-amino-alcohol motifs (C(OH)–C–C–N with tert-alkyl or cyclic N) is 1. The van der Waals surface area contributed by atoms with Crippen LogP contribution < -0.4 is 5.32 Å². The van der Waals surface area contributed by atoms with Crippen molar-refractivity contribution in [3.8, 4) is 0 Å². The SMILES string of the molecule is CCN1CC(=O)N(CC(O)CNC(C)C)CC1=O. The van der Waals surface area contributed by atoms with Crippen LogP contribution in [0.2, 0.25) is 0 Å². The molecule has 0 aromatic carbocycles. The predicted octanol–water partition coefficient (Wildman–Crippen LogP) is -0.964. The number of hydrogen-bond acceptors (Lipinski definition) is 4. The minimum absolute atomic E-state index is 0.0545. The number of likely N-dealkylation sites (N-methyl/N-ethyl adjacent to an activating group) is 1. The average Bonchev–Trinajstić information content (AvgIpc) is 2.30. The lowest BCUT2D eigenvalue weighted by Crippen LogP contribution is -2.55. The number of nitrogens with one attached hydrogen (secondary N) is 1. The Morgan fingerprint density at radius 3 is 2.33 bits per heavy atom. The number of nitrogens with zero attached hydrogens (tertiary/aromatic N) is 2. The number of hydrogen-bond donors (Lipinski definition) is 2. The monoisotopic (exact) mass is 257 g/mol. The van der Waals surface area contributed by atoms with Crippen LogP contribution in [-0.2, 0) is 9.59 Å². The zero-order valence-corrected chi connectivity index (χ0v) is 11.3. The van der Waals surface area contributed by atoms with E-state index in [1.54, 1.807) is 0 Å². The molecule has 1 saturated heterocycles. The van der Waals surface area contributed by atoms with E-state index in [1.165, 1.54) is 9.80 Å². The molecule has 1 aliphatic rings. The topological polar surface area (TPSA) is 72.9 Å². The highest BCUT2D eigenvalue weighted by Crippen LogP contribution is 2.05. The second-order valence-corrected chi connectivity index (χ2v) is 4.90. The fourth-order valence-corrected chi connectivity index (χ4v) is 1.85. The van der Waals surface area contributed by atoms with Gasteiger partial charge in [0, 0.05) is 25.7 Å². The van der Waals surface area contributed by atoms with Crippen molar-refractivity contribution in [3.05, 3.63) is 0 Å². The van der Waals surface area contributed by atoms with E-state index in [4.69, 9.17) is 0 Å². The maximum Gasteiger partial charge on any atom is 0.242 e. The predicted molar refractivity (Wildman–Crippen MR) is 68.0 cm³/mol. The van der Waals surface area contributed by atoms with Gasteiger partial charge >= 0.3 is 0 Å². The summed E-state index contributed by atoms with van der Waals surface area (Å²) in [7, 11) is 0. The van der Waals surface area contributed by atoms with Crippen molar-refractivity contribution in [1.29, 1.82) is 0 Å². The van der Waals surface area contributed by atoms with E-state index in [9.17, 15) is 14.7 Å². The van der Waals surface area contributed by atoms with Crippen molar-refractivity contribution < 1.29 is 14.7 Å². The summed E-state index contributed by atoms with van der Waals surface area (Å²) in [5, 5.41) is 12.9. The second-order valence-electron chi connectivity index (χ2n) is 4.90. The first kappa shape index (κ1) is 14.9. The molecule has 0 aliphatic carbocycles. The van der Waals surface area contributed by atoms with E-state index in [-0.39, 0.29) is 37.5 Å². The van der Waals surface area contributed by atoms with Crippen LogP contribution in [-0.4, -0.2) is 71.6 Å². The number of aliphatic hydroxyl groups is 1. The molecule has 1 unspecified atom stereocenters. The molecule has 1 rings (SSSR count). The molecule has 1 fully saturated rings. The molecule has 6 nitrogen and oxygen atoms in total. The molecule has 0 radical (unpaired) electrons. The maximum absolute atomic E-state index is 11.8. The summed E-state index contributed by atoms with van der Waals surface area (Å²) in [6.07, 6.45) is -0.641. The van der Waals surface area contributed by atoms with Gasteiger partial charge in [-0.1, -0.05) is 13.8 Å². The highest BCUT2D eigenvalue weighted by Gasteiger charge is 2.29. The molecule has 104 valence electrons. The zero-order valence-electron chi connectivity index (χ0n) is 11.3. The van der Waals surface area contributed by atoms with Gasteiger partial charge in [-0.15, -0.1) is 0 Å². The third-order valence-electron chi connectivity index (χ3n) is 2.93. The van der Waals surface area contributed by atoms with Crippen LogP contribution in [0.1, 0.15) is 20.8 Å². The summed E-state index contributed by atoms with van der Waals surface area (Å²) in [5.74, 6) is -0.152. The Labute approximate surface area is 108 Å². The molecule has 1 atom stereocenters. The van der Waals surface area contributed by atoms with E-state index in [2.05, 4.69) is 5.32 Å². The molecule has 6 heteroatoms. The molecule has 0 aromatic heterocycles. The number of piperazine rings is 1. The largest absolute Gasteiger partial charge is 0.390 e. The Morgan fingerprint density at radius 1 is 1.22 bits per heavy atom. The van der Waals surface area contributed by atoms with Crippen molar-refractivity contribution in [2.24, 2.45) is 0 Å². The summed E-state index contributed by atoms with van der Waals surface area (Å²) in [5.41, 5.74) is 0. The summed E-state index contributed by atoms with van der Waals surface area (Å²) in [6, 6.07) is 0.286. The quantitative estimate of drug-likeness (QED) is 0.642. The number of amides is 2. The Bertz CT molecular complexity index is 307. The summed E-state index contributed by atoms with van der Waals surface area (Å²) in [6.45, 7) is 7.21. The maximum atomic E-state index is 11.8. The summed E-state index contributed by atoms with van der Waals surface area (Å²) >= 11 is 0. The minimum atomic E-state index is -0.641. The molecular weight excluding hydrogens is 234 g/mol. The highest BCUT2D eigenvalue weighted by atomic mass is 16.3. The number of aliphatic hydroxyl groups excluding tert-OH is 1. The zero-order chi connectivity index (χ0) is 13.7. The number of carbonyl (C=O) groups is 2. The van der Waals surface area contributed by atoms with Gasteiger partial charge in [0.1, 0.15) is 0 Å². The molecule has 2 amide bonds. The third-order valence-corrected chi connectivity index (χ3v) is 2.93. The van der Waals surface area contributed by atoms with Crippen LogP contribution in [0.15, 0.2) is 0 Å². The van der Waals surface area contributed by atoms with Gasteiger partial charge in [-0.25, -0.2) is 0 Å². The lowest BCUT2D eigenvalue weighted by molar-refractivity contribution is -0.151. The van der Waals surface area contributed by atoms with Gasteiger partial charge in [-0.05, 0) is 6.92 Å². The molecule has 0 aromatic rings. The average molecular weight is 257 g/mol. The van der Waals surface area contributed by atoms with E-state index in [1.807, 2.05) is 20.8 Å². The lowest BCUT2D eigenvalue weighted by atomic mass is 10.2. The van der Waals surface area contributed by atoms with Gasteiger partial charge in [0.05, 0.1) is 19.2 Å². The van der Waals surface area contributed by atoms with Gasteiger partial charge in [0.25, 0.3) is 0 Å².